The van der Waals surface area contributed by atoms with E-state index < -0.39 is 6.09 Å². The minimum absolute atomic E-state index is 0.163. The third-order valence-corrected chi connectivity index (χ3v) is 4.75. The van der Waals surface area contributed by atoms with Crippen LogP contribution in [0.1, 0.15) is 37.5 Å². The van der Waals surface area contributed by atoms with E-state index in [0.717, 1.165) is 18.5 Å². The fraction of sp³-hybridized carbons (Fsp3) is 0.533. The van der Waals surface area contributed by atoms with E-state index in [1.165, 1.54) is 11.3 Å². The minimum Gasteiger partial charge on any atom is -0.442 e. The molecule has 5 heteroatoms. The molecule has 2 aliphatic rings. The second-order valence-corrected chi connectivity index (χ2v) is 5.99. The van der Waals surface area contributed by atoms with Crippen molar-refractivity contribution in [1.29, 1.82) is 0 Å². The van der Waals surface area contributed by atoms with Crippen molar-refractivity contribution >= 4 is 11.8 Å². The summed E-state index contributed by atoms with van der Waals surface area (Å²) in [6, 6.07) is 6.30. The molecule has 5 nitrogen and oxygen atoms in total. The van der Waals surface area contributed by atoms with E-state index in [4.69, 9.17) is 10.5 Å². The smallest absolute Gasteiger partial charge is 0.405 e. The van der Waals surface area contributed by atoms with Crippen LogP contribution in [0.5, 0.6) is 0 Å². The molecule has 1 fully saturated rings. The van der Waals surface area contributed by atoms with Gasteiger partial charge in [0, 0.05) is 18.2 Å². The molecular formula is C15H21N3O2. The predicted octanol–water partition coefficient (Wildman–Crippen LogP) is 1.87. The van der Waals surface area contributed by atoms with Crippen LogP contribution in [0.3, 0.4) is 0 Å². The lowest BCUT2D eigenvalue weighted by molar-refractivity contribution is 0.116. The molecule has 0 radical (unpaired) electrons. The summed E-state index contributed by atoms with van der Waals surface area (Å²) in [7, 11) is 2.11. The van der Waals surface area contributed by atoms with Gasteiger partial charge in [-0.3, -0.25) is 5.32 Å². The molecule has 2 aliphatic heterocycles. The first-order valence-corrected chi connectivity index (χ1v) is 7.00. The zero-order valence-corrected chi connectivity index (χ0v) is 12.1. The van der Waals surface area contributed by atoms with Crippen LogP contribution in [-0.2, 0) is 10.2 Å². The summed E-state index contributed by atoms with van der Waals surface area (Å²) >= 11 is 0. The number of rotatable bonds is 2. The Morgan fingerprint density at radius 2 is 2.35 bits per heavy atom. The molecule has 0 saturated carbocycles. The van der Waals surface area contributed by atoms with Crippen molar-refractivity contribution in [2.24, 2.45) is 5.73 Å². The van der Waals surface area contributed by atoms with E-state index >= 15 is 0 Å². The van der Waals surface area contributed by atoms with E-state index in [1.54, 1.807) is 0 Å². The number of anilines is 1. The maximum atomic E-state index is 10.9. The second kappa shape index (κ2) is 4.38. The Hall–Kier alpha value is -1.75. The first-order valence-electron chi connectivity index (χ1n) is 7.00. The fourth-order valence-corrected chi connectivity index (χ4v) is 3.63. The quantitative estimate of drug-likeness (QED) is 0.864. The summed E-state index contributed by atoms with van der Waals surface area (Å²) in [6.45, 7) is 5.19. The number of ether oxygens (including phenoxy) is 1. The van der Waals surface area contributed by atoms with Gasteiger partial charge in [0.05, 0.1) is 6.17 Å². The summed E-state index contributed by atoms with van der Waals surface area (Å²) in [5, 5.41) is 3.56. The van der Waals surface area contributed by atoms with Gasteiger partial charge in [-0.25, -0.2) is 4.79 Å². The SMILES string of the molecule is CC(OC(N)=O)c1ccc2c(c1)N(C)[C@@H]1NCC[C@]21C. The average molecular weight is 275 g/mol. The maximum Gasteiger partial charge on any atom is 0.405 e. The molecule has 3 atom stereocenters. The Kier molecular flexibility index (Phi) is 2.90. The van der Waals surface area contributed by atoms with Crippen LogP contribution in [0.15, 0.2) is 18.2 Å². The van der Waals surface area contributed by atoms with E-state index in [9.17, 15) is 4.79 Å². The van der Waals surface area contributed by atoms with Crippen LogP contribution in [-0.4, -0.2) is 25.9 Å². The molecule has 3 N–H and O–H groups in total. The molecule has 0 bridgehead atoms. The molecule has 20 heavy (non-hydrogen) atoms. The van der Waals surface area contributed by atoms with Gasteiger partial charge >= 0.3 is 6.09 Å². The highest BCUT2D eigenvalue weighted by molar-refractivity contribution is 5.67. The van der Waals surface area contributed by atoms with Gasteiger partial charge in [-0.15, -0.1) is 0 Å². The number of nitrogens with zero attached hydrogens (tertiary/aromatic N) is 1. The third kappa shape index (κ3) is 1.77. The maximum absolute atomic E-state index is 10.9. The van der Waals surface area contributed by atoms with Gasteiger partial charge in [0.15, 0.2) is 0 Å². The van der Waals surface area contributed by atoms with Crippen LogP contribution in [0, 0.1) is 0 Å². The Balaban J connectivity index is 1.97. The number of primary amides is 1. The van der Waals surface area contributed by atoms with Gasteiger partial charge < -0.3 is 15.4 Å². The number of carbonyl (C=O) groups excluding carboxylic acids is 1. The minimum atomic E-state index is -0.739. The number of nitrogens with two attached hydrogens (primary N) is 1. The van der Waals surface area contributed by atoms with Gasteiger partial charge in [-0.2, -0.15) is 0 Å². The summed E-state index contributed by atoms with van der Waals surface area (Å²) in [5.74, 6) is 0. The molecular weight excluding hydrogens is 254 g/mol. The summed E-state index contributed by atoms with van der Waals surface area (Å²) in [4.78, 5) is 13.2. The van der Waals surface area contributed by atoms with Crippen molar-refractivity contribution in [3.05, 3.63) is 29.3 Å². The molecule has 0 spiro atoms. The van der Waals surface area contributed by atoms with Gasteiger partial charge in [-0.05, 0) is 37.1 Å². The average Bonchev–Trinajstić information content (AvgIpc) is 2.87. The molecule has 1 unspecified atom stereocenters. The summed E-state index contributed by atoms with van der Waals surface area (Å²) in [6.07, 6.45) is 0.422. The molecule has 1 aromatic carbocycles. The van der Waals surface area contributed by atoms with Crippen molar-refractivity contribution in [3.8, 4) is 0 Å². The number of amides is 1. The molecule has 1 aromatic rings. The molecule has 108 valence electrons. The van der Waals surface area contributed by atoms with Crippen LogP contribution in [0.25, 0.3) is 0 Å². The lowest BCUT2D eigenvalue weighted by Crippen LogP contribution is -2.44. The van der Waals surface area contributed by atoms with Crippen molar-refractivity contribution in [2.75, 3.05) is 18.5 Å². The molecule has 1 saturated heterocycles. The van der Waals surface area contributed by atoms with Crippen LogP contribution in [0.4, 0.5) is 10.5 Å². The number of likely N-dealkylation sites (N-methyl/N-ethyl adjacent to an activating group) is 1. The van der Waals surface area contributed by atoms with Gasteiger partial charge in [0.25, 0.3) is 0 Å². The van der Waals surface area contributed by atoms with Crippen molar-refractivity contribution in [1.82, 2.24) is 5.32 Å². The van der Waals surface area contributed by atoms with E-state index in [2.05, 4.69) is 36.3 Å². The van der Waals surface area contributed by atoms with Crippen molar-refractivity contribution in [3.63, 3.8) is 0 Å². The Morgan fingerprint density at radius 1 is 1.60 bits per heavy atom. The van der Waals surface area contributed by atoms with Crippen LogP contribution < -0.4 is 16.0 Å². The highest BCUT2D eigenvalue weighted by Crippen LogP contribution is 2.48. The number of hydrogen-bond donors (Lipinski definition) is 2. The summed E-state index contributed by atoms with van der Waals surface area (Å²) in [5.41, 5.74) is 8.79. The van der Waals surface area contributed by atoms with Crippen LogP contribution in [0.2, 0.25) is 0 Å². The number of carbonyl (C=O) groups is 1. The zero-order valence-electron chi connectivity index (χ0n) is 12.1. The van der Waals surface area contributed by atoms with E-state index in [-0.39, 0.29) is 11.5 Å². The molecule has 0 aliphatic carbocycles. The molecule has 0 aromatic heterocycles. The van der Waals surface area contributed by atoms with Crippen molar-refractivity contribution in [2.45, 2.75) is 38.0 Å². The highest BCUT2D eigenvalue weighted by Gasteiger charge is 2.49. The second-order valence-electron chi connectivity index (χ2n) is 5.99. The Bertz CT molecular complexity index is 560. The number of hydrogen-bond acceptors (Lipinski definition) is 4. The lowest BCUT2D eigenvalue weighted by atomic mass is 9.81. The van der Waals surface area contributed by atoms with Gasteiger partial charge in [0.2, 0.25) is 0 Å². The number of fused-ring (bicyclic) bond motifs is 3. The summed E-state index contributed by atoms with van der Waals surface area (Å²) < 4.78 is 5.06. The molecule has 2 heterocycles. The number of nitrogens with one attached hydrogen (secondary N) is 1. The first kappa shape index (κ1) is 13.2. The topological polar surface area (TPSA) is 67.6 Å². The standard InChI is InChI=1S/C15H21N3O2/c1-9(20-14(16)19)10-4-5-11-12(8-10)18(3)13-15(11,2)6-7-17-13/h4-5,8-9,13,17H,6-7H2,1-3H3,(H2,16,19)/t9?,13-,15+/m0/s1. The zero-order chi connectivity index (χ0) is 14.5. The molecule has 3 rings (SSSR count). The highest BCUT2D eigenvalue weighted by atomic mass is 16.6. The Labute approximate surface area is 119 Å². The van der Waals surface area contributed by atoms with E-state index in [0.29, 0.717) is 6.17 Å². The lowest BCUT2D eigenvalue weighted by Gasteiger charge is -2.27. The van der Waals surface area contributed by atoms with Gasteiger partial charge in [0.1, 0.15) is 6.10 Å². The van der Waals surface area contributed by atoms with Crippen LogP contribution >= 0.6 is 0 Å². The van der Waals surface area contributed by atoms with E-state index in [1.807, 2.05) is 13.0 Å². The monoisotopic (exact) mass is 275 g/mol. The molecule has 1 amide bonds. The Morgan fingerprint density at radius 3 is 3.05 bits per heavy atom. The largest absolute Gasteiger partial charge is 0.442 e. The first-order chi connectivity index (χ1) is 9.43. The van der Waals surface area contributed by atoms with Gasteiger partial charge in [-0.1, -0.05) is 19.1 Å². The number of benzene rings is 1. The normalized spacial score (nSPS) is 28.9. The predicted molar refractivity (Wildman–Crippen MR) is 77.7 cm³/mol. The fourth-order valence-electron chi connectivity index (χ4n) is 3.63. The third-order valence-electron chi connectivity index (χ3n) is 4.75. The van der Waals surface area contributed by atoms with Crippen molar-refractivity contribution < 1.29 is 9.53 Å².